The van der Waals surface area contributed by atoms with Gasteiger partial charge in [-0.15, -0.1) is 0 Å². The van der Waals surface area contributed by atoms with E-state index in [9.17, 15) is 48.3 Å². The predicted octanol–water partition coefficient (Wildman–Crippen LogP) is 3.51. The van der Waals surface area contributed by atoms with E-state index in [2.05, 4.69) is 9.47 Å². The minimum absolute atomic E-state index is 0.107. The van der Waals surface area contributed by atoms with Crippen molar-refractivity contribution in [1.82, 2.24) is 0 Å². The van der Waals surface area contributed by atoms with E-state index in [1.54, 1.807) is 0 Å². The van der Waals surface area contributed by atoms with Crippen LogP contribution in [0.3, 0.4) is 0 Å². The second-order valence-corrected chi connectivity index (χ2v) is 14.1. The quantitative estimate of drug-likeness (QED) is 0.267. The zero-order valence-corrected chi connectivity index (χ0v) is 16.6. The normalized spacial score (nSPS) is 18.1. The van der Waals surface area contributed by atoms with E-state index in [4.69, 9.17) is 4.43 Å². The second-order valence-electron chi connectivity index (χ2n) is 5.51. The lowest BCUT2D eigenvalue weighted by Gasteiger charge is -2.34. The van der Waals surface area contributed by atoms with Gasteiger partial charge >= 0.3 is 30.2 Å². The van der Waals surface area contributed by atoms with Gasteiger partial charge in [-0.25, -0.2) is 0 Å². The zero-order valence-electron chi connectivity index (χ0n) is 14.0. The maximum Gasteiger partial charge on any atom is 0.462 e. The van der Waals surface area contributed by atoms with Crippen LogP contribution in [0.2, 0.25) is 12.6 Å². The molecule has 164 valence electrons. The molecule has 0 saturated carbocycles. The van der Waals surface area contributed by atoms with Crippen LogP contribution in [0, 0.1) is 0 Å². The molecule has 0 aromatic carbocycles. The Morgan fingerprint density at radius 3 is 1.78 bits per heavy atom. The molecule has 3 nitrogen and oxygen atoms in total. The largest absolute Gasteiger partial charge is 0.462 e. The van der Waals surface area contributed by atoms with Crippen LogP contribution in [-0.4, -0.2) is 68.2 Å². The third-order valence-corrected chi connectivity index (χ3v) is 10.5. The summed E-state index contributed by atoms with van der Waals surface area (Å²) >= 11 is 0. The standard InChI is InChI=1S/C11H17F11O3Si2/c1-23-27(2)26-5-3-4-24-6-7(12,9(15,16)17)25-11(21,22)8(13,14)10(18,19)20/h27H,3-6,26H2,1-2H3. The van der Waals surface area contributed by atoms with Crippen LogP contribution < -0.4 is 0 Å². The van der Waals surface area contributed by atoms with Crippen molar-refractivity contribution in [2.24, 2.45) is 0 Å². The van der Waals surface area contributed by atoms with E-state index in [0.29, 0.717) is 6.04 Å². The van der Waals surface area contributed by atoms with Gasteiger partial charge in [0, 0.05) is 22.8 Å². The van der Waals surface area contributed by atoms with Gasteiger partial charge in [0.05, 0.1) is 0 Å². The first-order valence-electron chi connectivity index (χ1n) is 7.30. The Bertz CT molecular complexity index is 458. The second kappa shape index (κ2) is 9.36. The molecule has 0 saturated heterocycles. The molecule has 0 aromatic heterocycles. The van der Waals surface area contributed by atoms with Gasteiger partial charge in [0.25, 0.3) is 0 Å². The molecule has 0 heterocycles. The van der Waals surface area contributed by atoms with E-state index in [0.717, 1.165) is 0 Å². The Balaban J connectivity index is 5.02. The molecule has 0 aromatic rings. The molecule has 0 rings (SSSR count). The van der Waals surface area contributed by atoms with Gasteiger partial charge in [-0.3, -0.25) is 4.74 Å². The van der Waals surface area contributed by atoms with Crippen LogP contribution in [-0.2, 0) is 13.9 Å². The van der Waals surface area contributed by atoms with Crippen molar-refractivity contribution in [3.63, 3.8) is 0 Å². The summed E-state index contributed by atoms with van der Waals surface area (Å²) in [4.78, 5) is 0. The van der Waals surface area contributed by atoms with Gasteiger partial charge in [-0.2, -0.15) is 48.3 Å². The number of halogens is 11. The summed E-state index contributed by atoms with van der Waals surface area (Å²) in [5.41, 5.74) is 0. The third-order valence-electron chi connectivity index (χ3n) is 3.27. The first-order valence-corrected chi connectivity index (χ1v) is 13.2. The van der Waals surface area contributed by atoms with Crippen LogP contribution in [0.1, 0.15) is 6.42 Å². The van der Waals surface area contributed by atoms with Crippen molar-refractivity contribution in [3.8, 4) is 0 Å². The smallest absolute Gasteiger partial charge is 0.427 e. The number of ether oxygens (including phenoxy) is 2. The SMILES string of the molecule is CO[SiH](C)[SiH2]CCCOCC(F)(OC(F)(F)C(F)(F)C(F)(F)F)C(F)(F)F. The topological polar surface area (TPSA) is 27.7 Å². The summed E-state index contributed by atoms with van der Waals surface area (Å²) in [6.45, 7) is -1.04. The fraction of sp³-hybridized carbons (Fsp3) is 1.00. The number of hydrogen-bond donors (Lipinski definition) is 0. The van der Waals surface area contributed by atoms with E-state index in [1.165, 1.54) is 7.11 Å². The van der Waals surface area contributed by atoms with E-state index in [1.807, 2.05) is 6.55 Å². The van der Waals surface area contributed by atoms with Crippen molar-refractivity contribution in [2.45, 2.75) is 49.3 Å². The highest BCUT2D eigenvalue weighted by atomic mass is 29.2. The Kier molecular flexibility index (Phi) is 9.20. The average molecular weight is 462 g/mol. The van der Waals surface area contributed by atoms with Crippen molar-refractivity contribution in [1.29, 1.82) is 0 Å². The van der Waals surface area contributed by atoms with Gasteiger partial charge in [0.1, 0.15) is 6.61 Å². The summed E-state index contributed by atoms with van der Waals surface area (Å²) in [6.07, 6.45) is -20.1. The van der Waals surface area contributed by atoms with Crippen LogP contribution in [0.15, 0.2) is 0 Å². The van der Waals surface area contributed by atoms with Gasteiger partial charge in [0.15, 0.2) is 8.56 Å². The van der Waals surface area contributed by atoms with Crippen molar-refractivity contribution in [3.05, 3.63) is 0 Å². The molecule has 0 aliphatic rings. The van der Waals surface area contributed by atoms with Crippen LogP contribution in [0.4, 0.5) is 48.3 Å². The fourth-order valence-electron chi connectivity index (χ4n) is 1.56. The lowest BCUT2D eigenvalue weighted by Crippen LogP contribution is -2.60. The highest BCUT2D eigenvalue weighted by Gasteiger charge is 2.78. The Hall–Kier alpha value is -0.456. The molecular formula is C11H17F11O3Si2. The maximum atomic E-state index is 13.7. The molecular weight excluding hydrogens is 445 g/mol. The summed E-state index contributed by atoms with van der Waals surface area (Å²) in [5.74, 6) is -12.6. The first-order chi connectivity index (χ1) is 11.9. The molecule has 16 heteroatoms. The molecule has 2 atom stereocenters. The Morgan fingerprint density at radius 2 is 1.37 bits per heavy atom. The first kappa shape index (κ1) is 26.5. The molecule has 0 radical (unpaired) electrons. The number of hydrogen-bond acceptors (Lipinski definition) is 3. The molecule has 0 aliphatic heterocycles. The fourth-order valence-corrected chi connectivity index (χ4v) is 6.16. The van der Waals surface area contributed by atoms with E-state index >= 15 is 0 Å². The number of rotatable bonds is 11. The third kappa shape index (κ3) is 7.14. The molecule has 0 aliphatic carbocycles. The molecule has 0 N–H and O–H groups in total. The molecule has 2 unspecified atom stereocenters. The van der Waals surface area contributed by atoms with E-state index < -0.39 is 61.0 Å². The predicted molar refractivity (Wildman–Crippen MR) is 75.7 cm³/mol. The van der Waals surface area contributed by atoms with Gasteiger partial charge in [0.2, 0.25) is 0 Å². The van der Waals surface area contributed by atoms with Crippen LogP contribution >= 0.6 is 0 Å². The highest BCUT2D eigenvalue weighted by Crippen LogP contribution is 2.50. The molecule has 0 amide bonds. The van der Waals surface area contributed by atoms with Gasteiger partial charge < -0.3 is 9.16 Å². The summed E-state index contributed by atoms with van der Waals surface area (Å²) in [6, 6.07) is 0.510. The molecule has 0 bridgehead atoms. The lowest BCUT2D eigenvalue weighted by atomic mass is 10.2. The van der Waals surface area contributed by atoms with E-state index in [-0.39, 0.29) is 6.42 Å². The molecule has 27 heavy (non-hydrogen) atoms. The highest BCUT2D eigenvalue weighted by molar-refractivity contribution is 7.08. The van der Waals surface area contributed by atoms with Crippen LogP contribution in [0.5, 0.6) is 0 Å². The van der Waals surface area contributed by atoms with Gasteiger partial charge in [-0.1, -0.05) is 12.6 Å². The minimum Gasteiger partial charge on any atom is -0.427 e. The minimum atomic E-state index is -7.06. The Labute approximate surface area is 150 Å². The van der Waals surface area contributed by atoms with Gasteiger partial charge in [-0.05, 0) is 6.42 Å². The van der Waals surface area contributed by atoms with Crippen molar-refractivity contribution < 1.29 is 62.2 Å². The monoisotopic (exact) mass is 462 g/mol. The van der Waals surface area contributed by atoms with Crippen LogP contribution in [0.25, 0.3) is 0 Å². The summed E-state index contributed by atoms with van der Waals surface area (Å²) in [7, 11) is -0.532. The van der Waals surface area contributed by atoms with Crippen molar-refractivity contribution in [2.75, 3.05) is 20.3 Å². The summed E-state index contributed by atoms with van der Waals surface area (Å²) < 4.78 is 150. The Morgan fingerprint density at radius 1 is 0.852 bits per heavy atom. The maximum absolute atomic E-state index is 13.7. The number of alkyl halides is 11. The zero-order chi connectivity index (χ0) is 21.7. The molecule has 0 spiro atoms. The lowest BCUT2D eigenvalue weighted by molar-refractivity contribution is -0.486. The average Bonchev–Trinajstić information content (AvgIpc) is 2.47. The van der Waals surface area contributed by atoms with Crippen molar-refractivity contribution >= 4 is 17.6 Å². The molecule has 0 fully saturated rings. The summed E-state index contributed by atoms with van der Waals surface area (Å²) in [5, 5.41) is 0.